The predicted molar refractivity (Wildman–Crippen MR) is 142 cm³/mol. The molecule has 2 saturated heterocycles. The van der Waals surface area contributed by atoms with Crippen molar-refractivity contribution in [3.8, 4) is 11.1 Å². The number of nitrogens with one attached hydrogen (secondary N) is 1. The highest BCUT2D eigenvalue weighted by molar-refractivity contribution is 5.99. The molecule has 3 heterocycles. The summed E-state index contributed by atoms with van der Waals surface area (Å²) in [7, 11) is 0. The van der Waals surface area contributed by atoms with E-state index in [2.05, 4.69) is 44.4 Å². The molecular formula is C29H39N5O2. The smallest absolute Gasteiger partial charge is 0.255 e. The first kappa shape index (κ1) is 23.9. The van der Waals surface area contributed by atoms with Crippen LogP contribution in [-0.4, -0.2) is 79.2 Å². The maximum absolute atomic E-state index is 12.9. The zero-order valence-electron chi connectivity index (χ0n) is 21.3. The first-order valence-electron chi connectivity index (χ1n) is 13.8. The maximum Gasteiger partial charge on any atom is 0.255 e. The third kappa shape index (κ3) is 4.89. The summed E-state index contributed by atoms with van der Waals surface area (Å²) in [6.07, 6.45) is 8.80. The molecule has 4 fully saturated rings. The number of rotatable bonds is 7. The number of nitrogens with two attached hydrogens (primary N) is 1. The van der Waals surface area contributed by atoms with Crippen molar-refractivity contribution in [1.82, 2.24) is 20.1 Å². The van der Waals surface area contributed by atoms with Gasteiger partial charge in [0.05, 0.1) is 18.8 Å². The first-order chi connectivity index (χ1) is 17.6. The van der Waals surface area contributed by atoms with E-state index in [1.165, 1.54) is 37.8 Å². The molecule has 4 aliphatic rings. The minimum absolute atomic E-state index is 0.104. The fourth-order valence-corrected chi connectivity index (χ4v) is 6.63. The van der Waals surface area contributed by atoms with Gasteiger partial charge in [-0.3, -0.25) is 9.69 Å². The average molecular weight is 490 g/mol. The molecule has 3 N–H and O–H groups in total. The van der Waals surface area contributed by atoms with Crippen molar-refractivity contribution >= 4 is 11.7 Å². The minimum atomic E-state index is -0.104. The van der Waals surface area contributed by atoms with E-state index in [-0.39, 0.29) is 11.9 Å². The number of fused-ring (bicyclic) bond motifs is 1. The number of amides is 1. The number of benzene rings is 1. The molecule has 1 aromatic heterocycles. The molecule has 0 bridgehead atoms. The second-order valence-corrected chi connectivity index (χ2v) is 11.3. The second kappa shape index (κ2) is 10.1. The quantitative estimate of drug-likeness (QED) is 0.621. The number of aromatic nitrogens is 1. The molecule has 7 heteroatoms. The Hall–Kier alpha value is -2.48. The van der Waals surface area contributed by atoms with Gasteiger partial charge < -0.3 is 20.7 Å². The van der Waals surface area contributed by atoms with Gasteiger partial charge in [-0.15, -0.1) is 0 Å². The first-order valence-corrected chi connectivity index (χ1v) is 13.8. The Bertz CT molecular complexity index is 1080. The molecule has 36 heavy (non-hydrogen) atoms. The van der Waals surface area contributed by atoms with E-state index in [1.54, 1.807) is 6.20 Å². The second-order valence-electron chi connectivity index (χ2n) is 11.3. The Balaban J connectivity index is 1.10. The number of hydrogen-bond donors (Lipinski definition) is 2. The lowest BCUT2D eigenvalue weighted by Gasteiger charge is -2.29. The molecule has 6 rings (SSSR count). The van der Waals surface area contributed by atoms with Gasteiger partial charge in [0.1, 0.15) is 5.82 Å². The van der Waals surface area contributed by atoms with Gasteiger partial charge in [-0.1, -0.05) is 43.5 Å². The van der Waals surface area contributed by atoms with Crippen LogP contribution in [0.15, 0.2) is 36.5 Å². The SMILES string of the molecule is Nc1ncc(-c2ccc([C@]34CC3CN(CCN3CCOCC3)C4)cc2)cc1C(=O)NC1CCCCC1. The van der Waals surface area contributed by atoms with Crippen LogP contribution >= 0.6 is 0 Å². The van der Waals surface area contributed by atoms with Crippen LogP contribution in [0.5, 0.6) is 0 Å². The zero-order valence-corrected chi connectivity index (χ0v) is 21.3. The Labute approximate surface area is 214 Å². The van der Waals surface area contributed by atoms with Crippen molar-refractivity contribution in [2.75, 3.05) is 58.2 Å². The van der Waals surface area contributed by atoms with Crippen molar-refractivity contribution in [1.29, 1.82) is 0 Å². The summed E-state index contributed by atoms with van der Waals surface area (Å²) < 4.78 is 5.48. The largest absolute Gasteiger partial charge is 0.383 e. The van der Waals surface area contributed by atoms with Crippen molar-refractivity contribution in [2.45, 2.75) is 50.0 Å². The van der Waals surface area contributed by atoms with Crippen LogP contribution in [-0.2, 0) is 10.2 Å². The van der Waals surface area contributed by atoms with Gasteiger partial charge in [0.2, 0.25) is 0 Å². The summed E-state index contributed by atoms with van der Waals surface area (Å²) in [6, 6.07) is 11.1. The fraction of sp³-hybridized carbons (Fsp3) is 0.586. The number of pyridine rings is 1. The Kier molecular flexibility index (Phi) is 6.71. The third-order valence-electron chi connectivity index (χ3n) is 8.95. The van der Waals surface area contributed by atoms with Crippen molar-refractivity contribution in [3.63, 3.8) is 0 Å². The minimum Gasteiger partial charge on any atom is -0.383 e. The van der Waals surface area contributed by atoms with Crippen LogP contribution in [0, 0.1) is 5.92 Å². The molecule has 0 spiro atoms. The maximum atomic E-state index is 12.9. The van der Waals surface area contributed by atoms with Gasteiger partial charge >= 0.3 is 0 Å². The molecule has 2 aliphatic carbocycles. The number of carbonyl (C=O) groups excluding carboxylic acids is 1. The van der Waals surface area contributed by atoms with Gasteiger partial charge in [-0.2, -0.15) is 0 Å². The van der Waals surface area contributed by atoms with E-state index < -0.39 is 0 Å². The molecule has 2 atom stereocenters. The monoisotopic (exact) mass is 489 g/mol. The van der Waals surface area contributed by atoms with Crippen LogP contribution in [0.1, 0.15) is 54.4 Å². The Morgan fingerprint density at radius 2 is 1.81 bits per heavy atom. The molecule has 7 nitrogen and oxygen atoms in total. The highest BCUT2D eigenvalue weighted by Gasteiger charge is 2.60. The molecule has 2 aromatic rings. The van der Waals surface area contributed by atoms with E-state index in [0.717, 1.165) is 75.8 Å². The normalized spacial score (nSPS) is 27.1. The summed E-state index contributed by atoms with van der Waals surface area (Å²) in [5, 5.41) is 3.17. The van der Waals surface area contributed by atoms with Gasteiger partial charge in [0.15, 0.2) is 0 Å². The highest BCUT2D eigenvalue weighted by Crippen LogP contribution is 2.59. The lowest BCUT2D eigenvalue weighted by molar-refractivity contribution is 0.0338. The van der Waals surface area contributed by atoms with E-state index in [4.69, 9.17) is 10.5 Å². The van der Waals surface area contributed by atoms with Crippen molar-refractivity contribution in [2.24, 2.45) is 5.92 Å². The van der Waals surface area contributed by atoms with Gasteiger partial charge in [0.25, 0.3) is 5.91 Å². The fourth-order valence-electron chi connectivity index (χ4n) is 6.63. The average Bonchev–Trinajstić information content (AvgIpc) is 3.49. The number of piperidine rings is 1. The van der Waals surface area contributed by atoms with Crippen LogP contribution < -0.4 is 11.1 Å². The van der Waals surface area contributed by atoms with Gasteiger partial charge in [0, 0.05) is 62.5 Å². The summed E-state index contributed by atoms with van der Waals surface area (Å²) in [6.45, 7) is 8.54. The van der Waals surface area contributed by atoms with Crippen LogP contribution in [0.4, 0.5) is 5.82 Å². The summed E-state index contributed by atoms with van der Waals surface area (Å²) in [5.41, 5.74) is 10.4. The van der Waals surface area contributed by atoms with E-state index in [1.807, 2.05) is 6.07 Å². The molecule has 2 saturated carbocycles. The number of nitrogens with zero attached hydrogens (tertiary/aromatic N) is 3. The number of nitrogen functional groups attached to an aromatic ring is 1. The molecule has 2 aliphatic heterocycles. The van der Waals surface area contributed by atoms with Crippen LogP contribution in [0.25, 0.3) is 11.1 Å². The van der Waals surface area contributed by atoms with Crippen molar-refractivity contribution < 1.29 is 9.53 Å². The number of anilines is 1. The molecule has 1 aromatic carbocycles. The Morgan fingerprint density at radius 1 is 1.06 bits per heavy atom. The van der Waals surface area contributed by atoms with Gasteiger partial charge in [-0.05, 0) is 42.4 Å². The van der Waals surface area contributed by atoms with Crippen LogP contribution in [0.3, 0.4) is 0 Å². The standard InChI is InChI=1S/C29H39N5O2/c30-27-26(28(35)32-25-4-2-1-3-5-25)16-22(18-31-27)21-6-8-23(9-7-21)29-17-24(29)19-34(20-29)11-10-33-12-14-36-15-13-33/h6-9,16,18,24-25H,1-5,10-15,17,19-20H2,(H2,30,31)(H,32,35)/t24?,29-/m1/s1. The number of hydrogen-bond acceptors (Lipinski definition) is 6. The zero-order chi connectivity index (χ0) is 24.5. The predicted octanol–water partition coefficient (Wildman–Crippen LogP) is 3.30. The van der Waals surface area contributed by atoms with Crippen molar-refractivity contribution in [3.05, 3.63) is 47.7 Å². The summed E-state index contributed by atoms with van der Waals surface area (Å²) in [5.74, 6) is 0.973. The lowest BCUT2D eigenvalue weighted by Crippen LogP contribution is -2.41. The number of ether oxygens (including phenoxy) is 1. The van der Waals surface area contributed by atoms with E-state index in [9.17, 15) is 4.79 Å². The van der Waals surface area contributed by atoms with Gasteiger partial charge in [-0.25, -0.2) is 4.98 Å². The van der Waals surface area contributed by atoms with Crippen LogP contribution in [0.2, 0.25) is 0 Å². The van der Waals surface area contributed by atoms with E-state index >= 15 is 0 Å². The molecule has 1 unspecified atom stereocenters. The summed E-state index contributed by atoms with van der Waals surface area (Å²) in [4.78, 5) is 22.5. The molecular weight excluding hydrogens is 450 g/mol. The Morgan fingerprint density at radius 3 is 2.58 bits per heavy atom. The lowest BCUT2D eigenvalue weighted by atomic mass is 9.93. The molecule has 0 radical (unpaired) electrons. The molecule has 1 amide bonds. The summed E-state index contributed by atoms with van der Waals surface area (Å²) >= 11 is 0. The van der Waals surface area contributed by atoms with E-state index in [0.29, 0.717) is 16.8 Å². The third-order valence-corrected chi connectivity index (χ3v) is 8.95. The number of morpholine rings is 1. The molecule has 192 valence electrons. The number of likely N-dealkylation sites (tertiary alicyclic amines) is 1. The highest BCUT2D eigenvalue weighted by atomic mass is 16.5. The topological polar surface area (TPSA) is 83.7 Å². The number of carbonyl (C=O) groups is 1.